The van der Waals surface area contributed by atoms with E-state index in [-0.39, 0.29) is 29.3 Å². The molecule has 5 nitrogen and oxygen atoms in total. The van der Waals surface area contributed by atoms with Crippen LogP contribution in [0.3, 0.4) is 0 Å². The zero-order valence-electron chi connectivity index (χ0n) is 15.7. The number of allylic oxidation sites excluding steroid dienone is 1. The minimum atomic E-state index is -1.43. The Balaban J connectivity index is 1.85. The SMILES string of the molecule is CC=C(C)C(=O)O[C@@H]1CC[C@H]2C[C@]3(O)OC(=O)C(C)=C3C[C@@]2(C)[C@H]1C. The van der Waals surface area contributed by atoms with Crippen molar-refractivity contribution in [3.8, 4) is 0 Å². The quantitative estimate of drug-likeness (QED) is 0.612. The van der Waals surface area contributed by atoms with Gasteiger partial charge in [-0.05, 0) is 57.3 Å². The number of fused-ring (bicyclic) bond motifs is 2. The molecule has 0 aromatic rings. The van der Waals surface area contributed by atoms with E-state index in [2.05, 4.69) is 13.8 Å². The van der Waals surface area contributed by atoms with Gasteiger partial charge in [0, 0.05) is 23.1 Å². The van der Waals surface area contributed by atoms with Gasteiger partial charge in [0.25, 0.3) is 0 Å². The predicted octanol–water partition coefficient (Wildman–Crippen LogP) is 3.27. The van der Waals surface area contributed by atoms with Crippen LogP contribution in [0.1, 0.15) is 60.3 Å². The lowest BCUT2D eigenvalue weighted by atomic mass is 9.53. The van der Waals surface area contributed by atoms with Crippen LogP contribution in [0.4, 0.5) is 0 Å². The first-order chi connectivity index (χ1) is 11.6. The maximum absolute atomic E-state index is 12.2. The largest absolute Gasteiger partial charge is 0.459 e. The molecule has 2 fully saturated rings. The van der Waals surface area contributed by atoms with Gasteiger partial charge in [0.05, 0.1) is 0 Å². The lowest BCUT2D eigenvalue weighted by Crippen LogP contribution is -2.54. The molecule has 0 unspecified atom stereocenters. The Morgan fingerprint density at radius 1 is 1.40 bits per heavy atom. The van der Waals surface area contributed by atoms with Crippen LogP contribution in [-0.2, 0) is 19.1 Å². The second kappa shape index (κ2) is 5.97. The summed E-state index contributed by atoms with van der Waals surface area (Å²) in [7, 11) is 0. The number of hydrogen-bond acceptors (Lipinski definition) is 5. The zero-order valence-corrected chi connectivity index (χ0v) is 15.7. The van der Waals surface area contributed by atoms with Crippen molar-refractivity contribution < 1.29 is 24.2 Å². The first kappa shape index (κ1) is 18.2. The van der Waals surface area contributed by atoms with Gasteiger partial charge < -0.3 is 14.6 Å². The minimum Gasteiger partial charge on any atom is -0.459 e. The van der Waals surface area contributed by atoms with Crippen LogP contribution in [0, 0.1) is 17.3 Å². The van der Waals surface area contributed by atoms with Crippen LogP contribution in [0.15, 0.2) is 22.8 Å². The molecule has 0 spiro atoms. The molecule has 0 bridgehead atoms. The fourth-order valence-corrected chi connectivity index (χ4v) is 4.75. The molecule has 0 radical (unpaired) electrons. The molecule has 1 heterocycles. The molecule has 1 N–H and O–H groups in total. The van der Waals surface area contributed by atoms with E-state index in [0.717, 1.165) is 12.8 Å². The maximum Gasteiger partial charge on any atom is 0.336 e. The average Bonchev–Trinajstić information content (AvgIpc) is 2.78. The minimum absolute atomic E-state index is 0.135. The molecule has 3 aliphatic rings. The second-order valence-corrected chi connectivity index (χ2v) is 8.14. The van der Waals surface area contributed by atoms with Gasteiger partial charge in [-0.15, -0.1) is 0 Å². The Kier molecular flexibility index (Phi) is 4.34. The summed E-state index contributed by atoms with van der Waals surface area (Å²) in [4.78, 5) is 24.1. The zero-order chi connectivity index (χ0) is 18.6. The van der Waals surface area contributed by atoms with E-state index in [1.165, 1.54) is 0 Å². The highest BCUT2D eigenvalue weighted by Gasteiger charge is 2.59. The first-order valence-corrected chi connectivity index (χ1v) is 9.12. The highest BCUT2D eigenvalue weighted by atomic mass is 16.7. The van der Waals surface area contributed by atoms with Crippen molar-refractivity contribution in [2.24, 2.45) is 17.3 Å². The van der Waals surface area contributed by atoms with E-state index in [9.17, 15) is 14.7 Å². The van der Waals surface area contributed by atoms with Crippen LogP contribution in [0.5, 0.6) is 0 Å². The Morgan fingerprint density at radius 2 is 2.08 bits per heavy atom. The highest BCUT2D eigenvalue weighted by molar-refractivity contribution is 5.92. The number of ether oxygens (including phenoxy) is 2. The Hall–Kier alpha value is -1.62. The van der Waals surface area contributed by atoms with Crippen molar-refractivity contribution in [1.82, 2.24) is 0 Å². The van der Waals surface area contributed by atoms with Gasteiger partial charge in [0.1, 0.15) is 6.10 Å². The van der Waals surface area contributed by atoms with E-state index < -0.39 is 11.8 Å². The van der Waals surface area contributed by atoms with Crippen molar-refractivity contribution in [2.75, 3.05) is 0 Å². The van der Waals surface area contributed by atoms with Crippen LogP contribution in [0.25, 0.3) is 0 Å². The van der Waals surface area contributed by atoms with Gasteiger partial charge in [-0.2, -0.15) is 0 Å². The summed E-state index contributed by atoms with van der Waals surface area (Å²) in [6.45, 7) is 9.61. The van der Waals surface area contributed by atoms with Crippen molar-refractivity contribution in [1.29, 1.82) is 0 Å². The molecule has 0 aromatic heterocycles. The number of aliphatic hydroxyl groups is 1. The predicted molar refractivity (Wildman–Crippen MR) is 92.3 cm³/mol. The summed E-state index contributed by atoms with van der Waals surface area (Å²) in [6, 6.07) is 0. The molecule has 138 valence electrons. The third kappa shape index (κ3) is 2.73. The lowest BCUT2D eigenvalue weighted by molar-refractivity contribution is -0.211. The summed E-state index contributed by atoms with van der Waals surface area (Å²) in [6.07, 6.45) is 4.27. The summed E-state index contributed by atoms with van der Waals surface area (Å²) in [5, 5.41) is 10.8. The molecule has 0 amide bonds. The highest BCUT2D eigenvalue weighted by Crippen LogP contribution is 2.59. The summed E-state index contributed by atoms with van der Waals surface area (Å²) in [5.41, 5.74) is 1.72. The molecular formula is C20H28O5. The molecule has 0 saturated heterocycles. The second-order valence-electron chi connectivity index (χ2n) is 8.14. The van der Waals surface area contributed by atoms with E-state index in [0.29, 0.717) is 29.6 Å². The fourth-order valence-electron chi connectivity index (χ4n) is 4.75. The summed E-state index contributed by atoms with van der Waals surface area (Å²) < 4.78 is 11.1. The Bertz CT molecular complexity index is 676. The van der Waals surface area contributed by atoms with Crippen LogP contribution >= 0.6 is 0 Å². The van der Waals surface area contributed by atoms with E-state index in [1.54, 1.807) is 19.9 Å². The maximum atomic E-state index is 12.2. The average molecular weight is 348 g/mol. The molecule has 1 aliphatic heterocycles. The fraction of sp³-hybridized carbons (Fsp3) is 0.700. The third-order valence-electron chi connectivity index (χ3n) is 6.92. The molecule has 25 heavy (non-hydrogen) atoms. The van der Waals surface area contributed by atoms with Gasteiger partial charge in [-0.25, -0.2) is 9.59 Å². The first-order valence-electron chi connectivity index (χ1n) is 9.12. The third-order valence-corrected chi connectivity index (χ3v) is 6.92. The van der Waals surface area contributed by atoms with Crippen LogP contribution in [0.2, 0.25) is 0 Å². The number of carbonyl (C=O) groups excluding carboxylic acids is 2. The molecule has 2 saturated carbocycles. The molecule has 2 aliphatic carbocycles. The monoisotopic (exact) mass is 348 g/mol. The van der Waals surface area contributed by atoms with E-state index in [1.807, 2.05) is 6.92 Å². The van der Waals surface area contributed by atoms with Gasteiger partial charge >= 0.3 is 11.9 Å². The van der Waals surface area contributed by atoms with Crippen LogP contribution in [-0.4, -0.2) is 28.9 Å². The van der Waals surface area contributed by atoms with Gasteiger partial charge in [-0.1, -0.05) is 19.9 Å². The molecule has 3 rings (SSSR count). The number of hydrogen-bond donors (Lipinski definition) is 1. The Morgan fingerprint density at radius 3 is 2.72 bits per heavy atom. The number of esters is 2. The Labute approximate surface area is 149 Å². The molecular weight excluding hydrogens is 320 g/mol. The van der Waals surface area contributed by atoms with Gasteiger partial charge in [-0.3, -0.25) is 0 Å². The van der Waals surface area contributed by atoms with Crippen molar-refractivity contribution >= 4 is 11.9 Å². The van der Waals surface area contributed by atoms with E-state index >= 15 is 0 Å². The molecule has 0 aromatic carbocycles. The molecule has 5 atom stereocenters. The topological polar surface area (TPSA) is 72.8 Å². The van der Waals surface area contributed by atoms with Crippen LogP contribution < -0.4 is 0 Å². The number of rotatable bonds is 2. The van der Waals surface area contributed by atoms with Gasteiger partial charge in [0.15, 0.2) is 0 Å². The standard InChI is InChI=1S/C20H28O5/c1-6-11(2)17(21)24-16-8-7-14-9-20(23)15(12(3)18(22)25-20)10-19(14,5)13(16)4/h6,13-14,16,23H,7-10H2,1-5H3/t13-,14-,16+,19-,20-/m0/s1. The normalized spacial score (nSPS) is 41.1. The lowest BCUT2D eigenvalue weighted by Gasteiger charge is -2.54. The number of carbonyl (C=O) groups is 2. The van der Waals surface area contributed by atoms with E-state index in [4.69, 9.17) is 9.47 Å². The summed E-state index contributed by atoms with van der Waals surface area (Å²) in [5.74, 6) is -1.74. The van der Waals surface area contributed by atoms with Crippen molar-refractivity contribution in [3.63, 3.8) is 0 Å². The summed E-state index contributed by atoms with van der Waals surface area (Å²) >= 11 is 0. The van der Waals surface area contributed by atoms with Crippen molar-refractivity contribution in [2.45, 2.75) is 72.2 Å². The smallest absolute Gasteiger partial charge is 0.336 e. The molecule has 5 heteroatoms. The van der Waals surface area contributed by atoms with Crippen molar-refractivity contribution in [3.05, 3.63) is 22.8 Å². The van der Waals surface area contributed by atoms with Gasteiger partial charge in [0.2, 0.25) is 5.79 Å².